The van der Waals surface area contributed by atoms with Crippen LogP contribution in [0.2, 0.25) is 0 Å². The summed E-state index contributed by atoms with van der Waals surface area (Å²) in [6.07, 6.45) is 3.44. The minimum atomic E-state index is -0.421. The lowest BCUT2D eigenvalue weighted by molar-refractivity contribution is -0.384. The third-order valence-electron chi connectivity index (χ3n) is 3.62. The Morgan fingerprint density at radius 2 is 2.08 bits per heavy atom. The van der Waals surface area contributed by atoms with Crippen LogP contribution >= 0.6 is 11.3 Å². The van der Waals surface area contributed by atoms with Gasteiger partial charge in [-0.25, -0.2) is 0 Å². The third-order valence-corrected chi connectivity index (χ3v) is 4.78. The zero-order valence-corrected chi connectivity index (χ0v) is 14.9. The Morgan fingerprint density at radius 1 is 1.42 bits per heavy atom. The first-order valence-electron chi connectivity index (χ1n) is 7.58. The number of rotatable bonds is 6. The monoisotopic (exact) mass is 354 g/mol. The van der Waals surface area contributed by atoms with Gasteiger partial charge in [-0.2, -0.15) is 0 Å². The number of nitrogens with zero attached hydrogens (tertiary/aromatic N) is 4. The summed E-state index contributed by atoms with van der Waals surface area (Å²) < 4.78 is 5.27. The van der Waals surface area contributed by atoms with E-state index >= 15 is 0 Å². The van der Waals surface area contributed by atoms with Gasteiger partial charge < -0.3 is 14.5 Å². The molecule has 0 bridgehead atoms. The Bertz CT molecular complexity index is 623. The normalized spacial score (nSPS) is 15.6. The van der Waals surface area contributed by atoms with Gasteiger partial charge in [0.25, 0.3) is 5.69 Å². The maximum Gasteiger partial charge on any atom is 0.289 e. The number of thiophene rings is 1. The van der Waals surface area contributed by atoms with E-state index in [0.717, 1.165) is 13.1 Å². The van der Waals surface area contributed by atoms with Gasteiger partial charge in [0, 0.05) is 40.4 Å². The molecule has 0 aliphatic carbocycles. The van der Waals surface area contributed by atoms with Crippen LogP contribution in [0.1, 0.15) is 4.88 Å². The molecule has 0 spiro atoms. The van der Waals surface area contributed by atoms with Gasteiger partial charge in [-0.1, -0.05) is 0 Å². The fraction of sp³-hybridized carbons (Fsp3) is 0.533. The molecule has 0 saturated carbocycles. The van der Waals surface area contributed by atoms with Gasteiger partial charge in [0.1, 0.15) is 9.88 Å². The Labute approximate surface area is 145 Å². The molecule has 0 N–H and O–H groups in total. The average molecular weight is 354 g/mol. The van der Waals surface area contributed by atoms with Crippen LogP contribution in [0.25, 0.3) is 6.08 Å². The first-order valence-corrected chi connectivity index (χ1v) is 8.39. The first kappa shape index (κ1) is 18.4. The number of carbonyl (C=O) groups excluding carboxylic acids is 1. The highest BCUT2D eigenvalue weighted by Crippen LogP contribution is 2.36. The predicted molar refractivity (Wildman–Crippen MR) is 94.4 cm³/mol. The minimum Gasteiger partial charge on any atom is -0.383 e. The number of ether oxygens (including phenoxy) is 1. The van der Waals surface area contributed by atoms with Gasteiger partial charge in [-0.15, -0.1) is 11.3 Å². The molecule has 132 valence electrons. The molecule has 0 atom stereocenters. The second kappa shape index (κ2) is 8.22. The van der Waals surface area contributed by atoms with Crippen LogP contribution in [0.3, 0.4) is 0 Å². The van der Waals surface area contributed by atoms with Crippen molar-refractivity contribution < 1.29 is 14.5 Å². The van der Waals surface area contributed by atoms with E-state index in [0.29, 0.717) is 23.1 Å². The van der Waals surface area contributed by atoms with Crippen LogP contribution in [-0.4, -0.2) is 74.6 Å². The summed E-state index contributed by atoms with van der Waals surface area (Å²) in [4.78, 5) is 29.1. The van der Waals surface area contributed by atoms with Crippen molar-refractivity contribution in [3.8, 4) is 0 Å². The van der Waals surface area contributed by atoms with E-state index < -0.39 is 4.92 Å². The lowest BCUT2D eigenvalue weighted by Crippen LogP contribution is -2.43. The molecule has 2 heterocycles. The molecule has 8 nitrogen and oxygen atoms in total. The molecular weight excluding hydrogens is 332 g/mol. The van der Waals surface area contributed by atoms with E-state index in [2.05, 4.69) is 0 Å². The van der Waals surface area contributed by atoms with Gasteiger partial charge >= 0.3 is 0 Å². The second-order valence-corrected chi connectivity index (χ2v) is 6.77. The quantitative estimate of drug-likeness (QED) is 0.569. The van der Waals surface area contributed by atoms with Crippen LogP contribution in [0.4, 0.5) is 10.7 Å². The van der Waals surface area contributed by atoms with Crippen LogP contribution in [0, 0.1) is 10.1 Å². The lowest BCUT2D eigenvalue weighted by Gasteiger charge is -2.27. The number of hydrogen-bond acceptors (Lipinski definition) is 7. The van der Waals surface area contributed by atoms with Crippen molar-refractivity contribution in [2.75, 3.05) is 58.9 Å². The number of amides is 1. The number of morpholine rings is 1. The van der Waals surface area contributed by atoms with E-state index in [9.17, 15) is 14.9 Å². The summed E-state index contributed by atoms with van der Waals surface area (Å²) in [5.74, 6) is -0.0869. The predicted octanol–water partition coefficient (Wildman–Crippen LogP) is 1.48. The van der Waals surface area contributed by atoms with Gasteiger partial charge in [0.05, 0.1) is 30.7 Å². The molecule has 24 heavy (non-hydrogen) atoms. The van der Waals surface area contributed by atoms with E-state index in [1.807, 2.05) is 19.0 Å². The van der Waals surface area contributed by atoms with E-state index in [1.165, 1.54) is 22.3 Å². The van der Waals surface area contributed by atoms with Crippen molar-refractivity contribution >= 4 is 34.0 Å². The minimum absolute atomic E-state index is 0.0131. The van der Waals surface area contributed by atoms with Crippen molar-refractivity contribution in [3.05, 3.63) is 27.3 Å². The van der Waals surface area contributed by atoms with Crippen LogP contribution in [0.15, 0.2) is 12.3 Å². The molecule has 1 aromatic rings. The maximum atomic E-state index is 12.4. The molecule has 0 unspecified atom stereocenters. The summed E-state index contributed by atoms with van der Waals surface area (Å²) in [6, 6.07) is 1.46. The molecule has 1 aromatic heterocycles. The highest BCUT2D eigenvalue weighted by molar-refractivity contribution is 7.17. The smallest absolute Gasteiger partial charge is 0.289 e. The van der Waals surface area contributed by atoms with E-state index in [-0.39, 0.29) is 18.1 Å². The zero-order chi connectivity index (χ0) is 17.7. The van der Waals surface area contributed by atoms with Gasteiger partial charge in [-0.05, 0) is 6.08 Å². The largest absolute Gasteiger partial charge is 0.383 e. The Kier molecular flexibility index (Phi) is 6.29. The molecule has 0 aromatic carbocycles. The van der Waals surface area contributed by atoms with Crippen LogP contribution in [-0.2, 0) is 9.53 Å². The molecule has 1 fully saturated rings. The zero-order valence-electron chi connectivity index (χ0n) is 14.1. The van der Waals surface area contributed by atoms with Crippen molar-refractivity contribution in [2.24, 2.45) is 0 Å². The number of likely N-dealkylation sites (N-methyl/N-ethyl adjacent to an activating group) is 1. The molecule has 2 rings (SSSR count). The first-order chi connectivity index (χ1) is 11.4. The molecule has 1 amide bonds. The standard InChI is InChI=1S/C15H22N4O4S/c1-16(2)5-4-13-12(19(21)22)10-15(24-13)17(3)14(20)11-18-6-8-23-9-7-18/h4-5,10H,6-9,11H2,1-3H3. The van der Waals surface area contributed by atoms with E-state index in [4.69, 9.17) is 4.74 Å². The van der Waals surface area contributed by atoms with Crippen molar-refractivity contribution in [1.82, 2.24) is 9.80 Å². The Hall–Kier alpha value is -1.97. The molecule has 1 saturated heterocycles. The Morgan fingerprint density at radius 3 is 2.67 bits per heavy atom. The summed E-state index contributed by atoms with van der Waals surface area (Å²) >= 11 is 1.24. The SMILES string of the molecule is CN(C)C=Cc1sc(N(C)C(=O)CN2CCOCC2)cc1[N+](=O)[O-]. The van der Waals surface area contributed by atoms with Crippen molar-refractivity contribution in [3.63, 3.8) is 0 Å². The fourth-order valence-electron chi connectivity index (χ4n) is 2.21. The average Bonchev–Trinajstić information content (AvgIpc) is 2.97. The molecule has 1 aliphatic rings. The molecule has 0 radical (unpaired) electrons. The maximum absolute atomic E-state index is 12.4. The van der Waals surface area contributed by atoms with Gasteiger partial charge in [0.2, 0.25) is 5.91 Å². The van der Waals surface area contributed by atoms with Crippen molar-refractivity contribution in [2.45, 2.75) is 0 Å². The Balaban J connectivity index is 2.13. The molecule has 9 heteroatoms. The van der Waals surface area contributed by atoms with Crippen molar-refractivity contribution in [1.29, 1.82) is 0 Å². The highest BCUT2D eigenvalue weighted by atomic mass is 32.1. The topological polar surface area (TPSA) is 79.2 Å². The van der Waals surface area contributed by atoms with Gasteiger partial charge in [0.15, 0.2) is 0 Å². The van der Waals surface area contributed by atoms with E-state index in [1.54, 1.807) is 24.2 Å². The summed E-state index contributed by atoms with van der Waals surface area (Å²) in [5.41, 5.74) is 0.0131. The molecule has 1 aliphatic heterocycles. The summed E-state index contributed by atoms with van der Waals surface area (Å²) in [7, 11) is 5.33. The number of carbonyl (C=O) groups is 1. The number of nitro groups is 1. The molecular formula is C15H22N4O4S. The highest BCUT2D eigenvalue weighted by Gasteiger charge is 2.23. The fourth-order valence-corrected chi connectivity index (χ4v) is 3.21. The second-order valence-electron chi connectivity index (χ2n) is 5.71. The van der Waals surface area contributed by atoms with Crippen LogP contribution < -0.4 is 4.90 Å². The number of anilines is 1. The van der Waals surface area contributed by atoms with Crippen LogP contribution in [0.5, 0.6) is 0 Å². The van der Waals surface area contributed by atoms with Gasteiger partial charge in [-0.3, -0.25) is 19.8 Å². The summed E-state index contributed by atoms with van der Waals surface area (Å²) in [5, 5.41) is 11.8. The summed E-state index contributed by atoms with van der Waals surface area (Å²) in [6.45, 7) is 2.98. The third kappa shape index (κ3) is 4.76. The lowest BCUT2D eigenvalue weighted by atomic mass is 10.3. The number of hydrogen-bond donors (Lipinski definition) is 0.